The van der Waals surface area contributed by atoms with E-state index in [0.29, 0.717) is 11.3 Å². The van der Waals surface area contributed by atoms with Crippen molar-refractivity contribution in [3.05, 3.63) is 15.3 Å². The van der Waals surface area contributed by atoms with Crippen LogP contribution in [0, 0.1) is 10.1 Å². The average molecular weight is 305 g/mol. The van der Waals surface area contributed by atoms with E-state index in [-0.39, 0.29) is 15.3 Å². The van der Waals surface area contributed by atoms with Gasteiger partial charge in [-0.3, -0.25) is 14.9 Å². The lowest BCUT2D eigenvalue weighted by atomic mass is 10.4. The minimum absolute atomic E-state index is 0.00287. The van der Waals surface area contributed by atoms with Gasteiger partial charge in [0.25, 0.3) is 0 Å². The number of thiazole rings is 1. The van der Waals surface area contributed by atoms with Crippen LogP contribution in [0.25, 0.3) is 0 Å². The molecule has 10 heteroatoms. The molecule has 0 radical (unpaired) electrons. The van der Waals surface area contributed by atoms with Crippen molar-refractivity contribution in [3.63, 3.8) is 0 Å². The molecule has 0 fully saturated rings. The molecule has 0 aliphatic heterocycles. The molecule has 0 atom stereocenters. The van der Waals surface area contributed by atoms with Crippen LogP contribution in [0.4, 0.5) is 10.1 Å². The molecule has 0 aliphatic carbocycles. The highest BCUT2D eigenvalue weighted by Crippen LogP contribution is 2.36. The Kier molecular flexibility index (Phi) is 3.95. The number of hydrogen-bond acceptors (Lipinski definition) is 6. The first-order valence-electron chi connectivity index (χ1n) is 3.72. The normalized spacial score (nSPS) is 11.2. The van der Waals surface area contributed by atoms with Gasteiger partial charge in [-0.1, -0.05) is 34.8 Å². The molecule has 1 aromatic heterocycles. The van der Waals surface area contributed by atoms with Crippen LogP contribution in [0.3, 0.4) is 0 Å². The second-order valence-corrected chi connectivity index (χ2v) is 5.29. The van der Waals surface area contributed by atoms with Crippen LogP contribution in [0.1, 0.15) is 6.92 Å². The molecule has 0 aromatic carbocycles. The fourth-order valence-electron chi connectivity index (χ4n) is 0.682. The predicted octanol–water partition coefficient (Wildman–Crippen LogP) is 2.84. The van der Waals surface area contributed by atoms with E-state index in [1.54, 1.807) is 0 Å². The van der Waals surface area contributed by atoms with Gasteiger partial charge in [-0.05, 0) is 18.3 Å². The van der Waals surface area contributed by atoms with E-state index in [0.717, 1.165) is 6.92 Å². The summed E-state index contributed by atoms with van der Waals surface area (Å²) in [6.45, 7) is 1.16. The third-order valence-electron chi connectivity index (χ3n) is 1.44. The topological polar surface area (TPSA) is 85.1 Å². The molecule has 6 nitrogen and oxygen atoms in total. The zero-order valence-corrected chi connectivity index (χ0v) is 10.7. The number of nitrogens with one attached hydrogen (secondary N) is 1. The van der Waals surface area contributed by atoms with Gasteiger partial charge in [-0.25, -0.2) is 4.98 Å². The monoisotopic (exact) mass is 303 g/mol. The molecule has 0 saturated heterocycles. The molecule has 0 amide bonds. The third kappa shape index (κ3) is 2.94. The summed E-state index contributed by atoms with van der Waals surface area (Å²) in [5.74, 6) is -0.565. The lowest BCUT2D eigenvalue weighted by molar-refractivity contribution is -0.380. The second-order valence-electron chi connectivity index (χ2n) is 2.63. The van der Waals surface area contributed by atoms with Gasteiger partial charge in [0.2, 0.25) is 9.61 Å². The maximum Gasteiger partial charge on any atom is 0.364 e. The minimum atomic E-state index is -1.88. The van der Waals surface area contributed by atoms with E-state index < -0.39 is 15.2 Å². The van der Waals surface area contributed by atoms with Crippen LogP contribution in [0.15, 0.2) is 0 Å². The van der Waals surface area contributed by atoms with Gasteiger partial charge in [0.1, 0.15) is 0 Å². The summed E-state index contributed by atoms with van der Waals surface area (Å²) in [7, 11) is 0. The summed E-state index contributed by atoms with van der Waals surface area (Å²) in [6, 6.07) is 0. The van der Waals surface area contributed by atoms with Gasteiger partial charge >= 0.3 is 5.00 Å². The van der Waals surface area contributed by atoms with Crippen LogP contribution in [-0.4, -0.2) is 20.1 Å². The molecular formula is C6H4Cl3N3O3S. The number of nitro groups is 1. The molecule has 1 heterocycles. The fraction of sp³-hybridized carbons (Fsp3) is 0.333. The van der Waals surface area contributed by atoms with Crippen molar-refractivity contribution >= 4 is 62.1 Å². The molecular weight excluding hydrogens is 301 g/mol. The molecule has 1 rings (SSSR count). The highest BCUT2D eigenvalue weighted by molar-refractivity contribution is 7.19. The average Bonchev–Trinajstić information content (AvgIpc) is 2.45. The Morgan fingerprint density at radius 3 is 2.56 bits per heavy atom. The van der Waals surface area contributed by atoms with Crippen molar-refractivity contribution in [2.24, 2.45) is 0 Å². The number of carbonyl (C=O) groups excluding carboxylic acids is 1. The second kappa shape index (κ2) is 4.70. The van der Waals surface area contributed by atoms with Gasteiger partial charge in [-0.2, -0.15) is 0 Å². The Morgan fingerprint density at radius 2 is 2.19 bits per heavy atom. The minimum Gasteiger partial charge on any atom is -0.324 e. The summed E-state index contributed by atoms with van der Waals surface area (Å²) in [5, 5.41) is 12.2. The maximum atomic E-state index is 11.0. The van der Waals surface area contributed by atoms with Crippen LogP contribution in [-0.2, 0) is 4.79 Å². The standard InChI is InChI=1S/C6H4Cl3N3O3S/c1-2(13)6(8,9)11-5-10-3(7)4(16-5)12(14)15/h1H3,(H,10,11). The highest BCUT2D eigenvalue weighted by atomic mass is 35.5. The summed E-state index contributed by atoms with van der Waals surface area (Å²) in [4.78, 5) is 24.4. The zero-order chi connectivity index (χ0) is 12.5. The molecule has 0 saturated carbocycles. The summed E-state index contributed by atoms with van der Waals surface area (Å²) >= 11 is 17.3. The zero-order valence-electron chi connectivity index (χ0n) is 7.66. The number of nitrogens with zero attached hydrogens (tertiary/aromatic N) is 2. The van der Waals surface area contributed by atoms with E-state index >= 15 is 0 Å². The number of anilines is 1. The number of ketones is 1. The molecule has 0 aliphatic rings. The number of halogens is 3. The number of alkyl halides is 2. The molecule has 16 heavy (non-hydrogen) atoms. The van der Waals surface area contributed by atoms with Gasteiger partial charge in [-0.15, -0.1) is 0 Å². The van der Waals surface area contributed by atoms with E-state index in [4.69, 9.17) is 34.8 Å². The lowest BCUT2D eigenvalue weighted by Crippen LogP contribution is -2.32. The number of carbonyl (C=O) groups is 1. The van der Waals surface area contributed by atoms with Crippen LogP contribution >= 0.6 is 46.1 Å². The number of hydrogen-bond donors (Lipinski definition) is 1. The molecule has 0 spiro atoms. The van der Waals surface area contributed by atoms with Gasteiger partial charge < -0.3 is 5.32 Å². The Balaban J connectivity index is 2.96. The Bertz CT molecular complexity index is 447. The molecule has 1 N–H and O–H groups in total. The summed E-state index contributed by atoms with van der Waals surface area (Å²) in [6.07, 6.45) is 0. The summed E-state index contributed by atoms with van der Waals surface area (Å²) in [5.41, 5.74) is 0. The van der Waals surface area contributed by atoms with Gasteiger partial charge in [0, 0.05) is 0 Å². The predicted molar refractivity (Wildman–Crippen MR) is 62.5 cm³/mol. The maximum absolute atomic E-state index is 11.0. The molecule has 88 valence electrons. The van der Waals surface area contributed by atoms with Crippen molar-refractivity contribution in [2.45, 2.75) is 11.4 Å². The van der Waals surface area contributed by atoms with Crippen molar-refractivity contribution in [1.82, 2.24) is 4.98 Å². The van der Waals surface area contributed by atoms with E-state index in [1.165, 1.54) is 0 Å². The first kappa shape index (κ1) is 13.4. The largest absolute Gasteiger partial charge is 0.364 e. The Morgan fingerprint density at radius 1 is 1.62 bits per heavy atom. The Labute approximate surface area is 109 Å². The van der Waals surface area contributed by atoms with Crippen LogP contribution < -0.4 is 5.32 Å². The van der Waals surface area contributed by atoms with Gasteiger partial charge in [0.15, 0.2) is 10.9 Å². The van der Waals surface area contributed by atoms with Crippen LogP contribution in [0.2, 0.25) is 5.15 Å². The lowest BCUT2D eigenvalue weighted by Gasteiger charge is -2.16. The number of aromatic nitrogens is 1. The van der Waals surface area contributed by atoms with E-state index in [9.17, 15) is 14.9 Å². The summed E-state index contributed by atoms with van der Waals surface area (Å²) < 4.78 is -1.88. The Hall–Kier alpha value is -0.630. The molecule has 0 bridgehead atoms. The fourth-order valence-corrected chi connectivity index (χ4v) is 2.02. The molecule has 0 unspecified atom stereocenters. The van der Waals surface area contributed by atoms with Crippen molar-refractivity contribution in [1.29, 1.82) is 0 Å². The van der Waals surface area contributed by atoms with Crippen molar-refractivity contribution in [2.75, 3.05) is 5.32 Å². The highest BCUT2D eigenvalue weighted by Gasteiger charge is 2.32. The van der Waals surface area contributed by atoms with Crippen molar-refractivity contribution < 1.29 is 9.72 Å². The smallest absolute Gasteiger partial charge is 0.324 e. The van der Waals surface area contributed by atoms with E-state index in [2.05, 4.69) is 10.3 Å². The van der Waals surface area contributed by atoms with Gasteiger partial charge in [0.05, 0.1) is 4.92 Å². The first-order valence-corrected chi connectivity index (χ1v) is 5.67. The van der Waals surface area contributed by atoms with Crippen molar-refractivity contribution in [3.8, 4) is 0 Å². The third-order valence-corrected chi connectivity index (χ3v) is 3.46. The SMILES string of the molecule is CC(=O)C(Cl)(Cl)Nc1nc(Cl)c([N+](=O)[O-])s1. The first-order chi connectivity index (χ1) is 7.24. The molecule has 1 aromatic rings. The van der Waals surface area contributed by atoms with Crippen LogP contribution in [0.5, 0.6) is 0 Å². The number of Topliss-reactive ketones (excluding diaryl/α,β-unsaturated/α-hetero) is 1. The number of rotatable bonds is 4. The quantitative estimate of drug-likeness (QED) is 0.400. The van der Waals surface area contributed by atoms with E-state index in [1.807, 2.05) is 0 Å².